The number of aromatic nitrogens is 2. The van der Waals surface area contributed by atoms with Gasteiger partial charge in [0, 0.05) is 24.3 Å². The minimum absolute atomic E-state index is 0.332. The van der Waals surface area contributed by atoms with Crippen molar-refractivity contribution in [3.63, 3.8) is 0 Å². The second-order valence-corrected chi connectivity index (χ2v) is 7.93. The quantitative estimate of drug-likeness (QED) is 0.246. The summed E-state index contributed by atoms with van der Waals surface area (Å²) < 4.78 is 5.83. The lowest BCUT2D eigenvalue weighted by Gasteiger charge is -2.20. The fraction of sp³-hybridized carbons (Fsp3) is 0.179. The van der Waals surface area contributed by atoms with E-state index in [0.717, 1.165) is 41.2 Å². The summed E-state index contributed by atoms with van der Waals surface area (Å²) in [6.07, 6.45) is 1.62. The third kappa shape index (κ3) is 6.35. The van der Waals surface area contributed by atoms with Crippen molar-refractivity contribution in [3.8, 4) is 17.0 Å². The number of hydrazone groups is 1. The Morgan fingerprint density at radius 2 is 1.71 bits per heavy atom. The molecule has 0 saturated heterocycles. The van der Waals surface area contributed by atoms with Crippen LogP contribution in [-0.2, 0) is 6.61 Å². The minimum atomic E-state index is -0.359. The topological polar surface area (TPSA) is 82.6 Å². The molecule has 0 aliphatic carbocycles. The van der Waals surface area contributed by atoms with E-state index in [4.69, 9.17) is 4.74 Å². The van der Waals surface area contributed by atoms with Crippen LogP contribution in [0.25, 0.3) is 11.3 Å². The molecule has 0 saturated carbocycles. The normalized spacial score (nSPS) is 10.9. The third-order valence-electron chi connectivity index (χ3n) is 5.62. The maximum atomic E-state index is 12.5. The molecule has 1 amide bonds. The van der Waals surface area contributed by atoms with Crippen LogP contribution in [0.4, 0.5) is 5.69 Å². The molecule has 1 heterocycles. The molecule has 35 heavy (non-hydrogen) atoms. The molecule has 0 spiro atoms. The van der Waals surface area contributed by atoms with Gasteiger partial charge in [0.05, 0.1) is 11.9 Å². The standard InChI is InChI=1S/C28H29N5O2/c1-3-33(4-2)24-14-10-21(11-15-24)19-29-32-28(34)27-18-26(30-31-27)23-12-16-25(17-13-23)35-20-22-8-6-5-7-9-22/h5-19H,3-4,20H2,1-2H3,(H,30,31)(H,32,34)/b29-19+. The monoisotopic (exact) mass is 467 g/mol. The van der Waals surface area contributed by atoms with Gasteiger partial charge in [0.1, 0.15) is 18.1 Å². The third-order valence-corrected chi connectivity index (χ3v) is 5.62. The van der Waals surface area contributed by atoms with Gasteiger partial charge in [0.15, 0.2) is 0 Å². The van der Waals surface area contributed by atoms with Crippen molar-refractivity contribution in [3.05, 3.63) is 102 Å². The van der Waals surface area contributed by atoms with E-state index in [9.17, 15) is 4.79 Å². The van der Waals surface area contributed by atoms with Crippen molar-refractivity contribution in [1.29, 1.82) is 0 Å². The summed E-state index contributed by atoms with van der Waals surface area (Å²) in [6, 6.07) is 27.4. The van der Waals surface area contributed by atoms with Crippen molar-refractivity contribution in [2.24, 2.45) is 5.10 Å². The highest BCUT2D eigenvalue weighted by atomic mass is 16.5. The predicted octanol–water partition coefficient (Wildman–Crippen LogP) is 5.27. The zero-order valence-corrected chi connectivity index (χ0v) is 19.9. The van der Waals surface area contributed by atoms with E-state index in [1.807, 2.05) is 66.7 Å². The first-order chi connectivity index (χ1) is 17.2. The molecule has 4 aromatic rings. The number of ether oxygens (including phenoxy) is 1. The predicted molar refractivity (Wildman–Crippen MR) is 140 cm³/mol. The van der Waals surface area contributed by atoms with E-state index in [-0.39, 0.29) is 5.91 Å². The number of hydrogen-bond acceptors (Lipinski definition) is 5. The molecule has 178 valence electrons. The van der Waals surface area contributed by atoms with Crippen LogP contribution in [0.15, 0.2) is 90.0 Å². The van der Waals surface area contributed by atoms with Gasteiger partial charge in [-0.05, 0) is 67.4 Å². The first kappa shape index (κ1) is 23.8. The van der Waals surface area contributed by atoms with Gasteiger partial charge in [-0.3, -0.25) is 9.89 Å². The van der Waals surface area contributed by atoms with Gasteiger partial charge in [-0.2, -0.15) is 10.2 Å². The Morgan fingerprint density at radius 3 is 2.40 bits per heavy atom. The van der Waals surface area contributed by atoms with Crippen molar-refractivity contribution in [2.45, 2.75) is 20.5 Å². The Bertz CT molecular complexity index is 1240. The van der Waals surface area contributed by atoms with E-state index in [2.05, 4.69) is 51.6 Å². The maximum Gasteiger partial charge on any atom is 0.289 e. The summed E-state index contributed by atoms with van der Waals surface area (Å²) in [5.74, 6) is 0.410. The van der Waals surface area contributed by atoms with E-state index < -0.39 is 0 Å². The van der Waals surface area contributed by atoms with E-state index in [1.54, 1.807) is 12.3 Å². The smallest absolute Gasteiger partial charge is 0.289 e. The zero-order chi connectivity index (χ0) is 24.5. The lowest BCUT2D eigenvalue weighted by Crippen LogP contribution is -2.21. The Kier molecular flexibility index (Phi) is 7.91. The van der Waals surface area contributed by atoms with Gasteiger partial charge in [-0.15, -0.1) is 0 Å². The number of rotatable bonds is 10. The number of nitrogens with zero attached hydrogens (tertiary/aromatic N) is 3. The minimum Gasteiger partial charge on any atom is -0.489 e. The molecule has 0 unspecified atom stereocenters. The molecule has 0 atom stereocenters. The Morgan fingerprint density at radius 1 is 1.00 bits per heavy atom. The van der Waals surface area contributed by atoms with Crippen molar-refractivity contribution in [2.75, 3.05) is 18.0 Å². The zero-order valence-electron chi connectivity index (χ0n) is 19.9. The van der Waals surface area contributed by atoms with Crippen LogP contribution in [0.2, 0.25) is 0 Å². The van der Waals surface area contributed by atoms with E-state index >= 15 is 0 Å². The van der Waals surface area contributed by atoms with Gasteiger partial charge in [0.25, 0.3) is 5.91 Å². The Hall–Kier alpha value is -4.39. The fourth-order valence-electron chi connectivity index (χ4n) is 3.63. The summed E-state index contributed by atoms with van der Waals surface area (Å²) in [7, 11) is 0. The molecule has 0 aliphatic rings. The molecule has 0 aliphatic heterocycles. The van der Waals surface area contributed by atoms with Crippen LogP contribution in [0.5, 0.6) is 5.75 Å². The molecule has 4 rings (SSSR count). The second-order valence-electron chi connectivity index (χ2n) is 7.93. The fourth-order valence-corrected chi connectivity index (χ4v) is 3.63. The molecular weight excluding hydrogens is 438 g/mol. The number of carbonyl (C=O) groups is 1. The highest BCUT2D eigenvalue weighted by molar-refractivity contribution is 5.94. The van der Waals surface area contributed by atoms with Gasteiger partial charge in [-0.25, -0.2) is 5.43 Å². The number of hydrogen-bond donors (Lipinski definition) is 2. The van der Waals surface area contributed by atoms with Gasteiger partial charge >= 0.3 is 0 Å². The average Bonchev–Trinajstić information content (AvgIpc) is 3.40. The molecule has 7 nitrogen and oxygen atoms in total. The van der Waals surface area contributed by atoms with E-state index in [1.165, 1.54) is 0 Å². The highest BCUT2D eigenvalue weighted by Crippen LogP contribution is 2.22. The van der Waals surface area contributed by atoms with Gasteiger partial charge in [0.2, 0.25) is 0 Å². The van der Waals surface area contributed by atoms with Gasteiger partial charge < -0.3 is 9.64 Å². The van der Waals surface area contributed by atoms with E-state index in [0.29, 0.717) is 18.0 Å². The number of H-pyrrole nitrogens is 1. The van der Waals surface area contributed by atoms with Crippen LogP contribution in [0, 0.1) is 0 Å². The first-order valence-corrected chi connectivity index (χ1v) is 11.7. The molecule has 0 radical (unpaired) electrons. The molecule has 3 aromatic carbocycles. The van der Waals surface area contributed by atoms with Crippen LogP contribution >= 0.6 is 0 Å². The van der Waals surface area contributed by atoms with Crippen LogP contribution in [0.1, 0.15) is 35.5 Å². The summed E-state index contributed by atoms with van der Waals surface area (Å²) >= 11 is 0. The SMILES string of the molecule is CCN(CC)c1ccc(/C=N/NC(=O)c2cc(-c3ccc(OCc4ccccc4)cc3)n[nH]2)cc1. The maximum absolute atomic E-state index is 12.5. The number of benzene rings is 3. The lowest BCUT2D eigenvalue weighted by molar-refractivity contribution is 0.0950. The lowest BCUT2D eigenvalue weighted by atomic mass is 10.1. The largest absolute Gasteiger partial charge is 0.489 e. The van der Waals surface area contributed by atoms with Crippen LogP contribution in [-0.4, -0.2) is 35.4 Å². The van der Waals surface area contributed by atoms with Crippen molar-refractivity contribution < 1.29 is 9.53 Å². The molecule has 0 bridgehead atoms. The van der Waals surface area contributed by atoms with Crippen molar-refractivity contribution >= 4 is 17.8 Å². The number of aromatic amines is 1. The molecule has 0 fully saturated rings. The number of anilines is 1. The van der Waals surface area contributed by atoms with Crippen molar-refractivity contribution in [1.82, 2.24) is 15.6 Å². The average molecular weight is 468 g/mol. The Labute approximate surface area is 205 Å². The molecule has 1 aromatic heterocycles. The first-order valence-electron chi connectivity index (χ1n) is 11.7. The number of amides is 1. The highest BCUT2D eigenvalue weighted by Gasteiger charge is 2.11. The van der Waals surface area contributed by atoms with Crippen LogP contribution in [0.3, 0.4) is 0 Å². The summed E-state index contributed by atoms with van der Waals surface area (Å²) in [5.41, 5.74) is 7.60. The van der Waals surface area contributed by atoms with Crippen LogP contribution < -0.4 is 15.1 Å². The summed E-state index contributed by atoms with van der Waals surface area (Å²) in [4.78, 5) is 14.7. The van der Waals surface area contributed by atoms with Gasteiger partial charge in [-0.1, -0.05) is 42.5 Å². The molecule has 2 N–H and O–H groups in total. The molecule has 7 heteroatoms. The number of carbonyl (C=O) groups excluding carboxylic acids is 1. The summed E-state index contributed by atoms with van der Waals surface area (Å²) in [6.45, 7) is 6.68. The summed E-state index contributed by atoms with van der Waals surface area (Å²) in [5, 5.41) is 11.1. The Balaban J connectivity index is 1.31. The number of nitrogens with one attached hydrogen (secondary N) is 2. The second kappa shape index (κ2) is 11.7. The molecular formula is C28H29N5O2.